The van der Waals surface area contributed by atoms with Crippen molar-refractivity contribution < 1.29 is 9.53 Å². The highest BCUT2D eigenvalue weighted by Gasteiger charge is 2.19. The van der Waals surface area contributed by atoms with E-state index in [-0.39, 0.29) is 11.9 Å². The second kappa shape index (κ2) is 8.33. The molecule has 0 N–H and O–H groups in total. The fraction of sp³-hybridized carbons (Fsp3) is 0.261. The summed E-state index contributed by atoms with van der Waals surface area (Å²) in [5, 5.41) is 0. The van der Waals surface area contributed by atoms with Gasteiger partial charge in [-0.1, -0.05) is 67.1 Å². The molecular formula is C23H24O2S. The molecule has 2 aromatic carbocycles. The predicted octanol–water partition coefficient (Wildman–Crippen LogP) is 6.45. The Kier molecular flexibility index (Phi) is 5.89. The number of hydrogen-bond donors (Lipinski definition) is 0. The topological polar surface area (TPSA) is 26.3 Å². The van der Waals surface area contributed by atoms with E-state index in [4.69, 9.17) is 4.74 Å². The van der Waals surface area contributed by atoms with Gasteiger partial charge in [-0.2, -0.15) is 0 Å². The first-order valence-corrected chi connectivity index (χ1v) is 9.82. The van der Waals surface area contributed by atoms with Gasteiger partial charge >= 0.3 is 5.97 Å². The van der Waals surface area contributed by atoms with Gasteiger partial charge in [-0.3, -0.25) is 4.79 Å². The number of carbonyl (C=O) groups excluding carboxylic acids is 1. The second-order valence-electron chi connectivity index (χ2n) is 6.53. The Morgan fingerprint density at radius 2 is 1.73 bits per heavy atom. The average molecular weight is 365 g/mol. The molecule has 134 valence electrons. The lowest BCUT2D eigenvalue weighted by molar-refractivity contribution is -0.143. The van der Waals surface area contributed by atoms with E-state index in [1.165, 1.54) is 32.0 Å². The average Bonchev–Trinajstić information content (AvgIpc) is 3.09. The van der Waals surface area contributed by atoms with Crippen LogP contribution in [0.1, 0.15) is 36.6 Å². The zero-order valence-electron chi connectivity index (χ0n) is 15.5. The molecule has 0 aliphatic rings. The Labute approximate surface area is 159 Å². The molecule has 3 aromatic rings. The molecule has 1 atom stereocenters. The molecule has 0 saturated heterocycles. The van der Waals surface area contributed by atoms with E-state index in [1.54, 1.807) is 11.3 Å². The number of rotatable bonds is 6. The summed E-state index contributed by atoms with van der Waals surface area (Å²) >= 11 is 1.77. The summed E-state index contributed by atoms with van der Waals surface area (Å²) in [7, 11) is 0. The molecule has 0 radical (unpaired) electrons. The van der Waals surface area contributed by atoms with Gasteiger partial charge < -0.3 is 4.74 Å². The fourth-order valence-electron chi connectivity index (χ4n) is 2.97. The first-order chi connectivity index (χ1) is 12.6. The molecule has 1 heterocycles. The molecule has 3 heteroatoms. The van der Waals surface area contributed by atoms with E-state index in [0.29, 0.717) is 13.0 Å². The highest BCUT2D eigenvalue weighted by atomic mass is 32.1. The van der Waals surface area contributed by atoms with Crippen LogP contribution in [-0.4, -0.2) is 12.6 Å². The summed E-state index contributed by atoms with van der Waals surface area (Å²) in [5.41, 5.74) is 4.90. The van der Waals surface area contributed by atoms with Crippen molar-refractivity contribution in [3.05, 3.63) is 71.1 Å². The minimum absolute atomic E-state index is 0.133. The van der Waals surface area contributed by atoms with Crippen molar-refractivity contribution in [2.24, 2.45) is 0 Å². The van der Waals surface area contributed by atoms with Crippen molar-refractivity contribution >= 4 is 17.3 Å². The van der Waals surface area contributed by atoms with Crippen molar-refractivity contribution in [2.75, 3.05) is 6.61 Å². The zero-order valence-corrected chi connectivity index (χ0v) is 16.3. The third-order valence-electron chi connectivity index (χ3n) is 4.41. The van der Waals surface area contributed by atoms with Gasteiger partial charge in [0.1, 0.15) is 0 Å². The maximum Gasteiger partial charge on any atom is 0.306 e. The fourth-order valence-corrected chi connectivity index (χ4v) is 4.21. The largest absolute Gasteiger partial charge is 0.466 e. The number of carbonyl (C=O) groups is 1. The van der Waals surface area contributed by atoms with Gasteiger partial charge in [0.15, 0.2) is 0 Å². The summed E-state index contributed by atoms with van der Waals surface area (Å²) in [6.07, 6.45) is 0.413. The molecule has 0 aliphatic carbocycles. The van der Waals surface area contributed by atoms with Gasteiger partial charge in [0, 0.05) is 21.2 Å². The number of aryl methyl sites for hydroxylation is 1. The maximum absolute atomic E-state index is 11.9. The molecule has 0 fully saturated rings. The number of thiophene rings is 1. The molecule has 2 nitrogen and oxygen atoms in total. The Balaban J connectivity index is 2.00. The third-order valence-corrected chi connectivity index (χ3v) is 5.83. The summed E-state index contributed by atoms with van der Waals surface area (Å²) in [4.78, 5) is 14.3. The Hall–Kier alpha value is -2.39. The molecule has 0 aliphatic heterocycles. The molecule has 0 saturated carbocycles. The van der Waals surface area contributed by atoms with Crippen LogP contribution < -0.4 is 0 Å². The highest BCUT2D eigenvalue weighted by Crippen LogP contribution is 2.42. The monoisotopic (exact) mass is 364 g/mol. The van der Waals surface area contributed by atoms with Crippen molar-refractivity contribution in [1.82, 2.24) is 0 Å². The molecule has 26 heavy (non-hydrogen) atoms. The van der Waals surface area contributed by atoms with Crippen LogP contribution in [0, 0.1) is 6.92 Å². The van der Waals surface area contributed by atoms with Crippen molar-refractivity contribution in [3.63, 3.8) is 0 Å². The Morgan fingerprint density at radius 3 is 2.38 bits per heavy atom. The minimum atomic E-state index is -0.133. The van der Waals surface area contributed by atoms with Crippen LogP contribution in [0.5, 0.6) is 0 Å². The van der Waals surface area contributed by atoms with Crippen LogP contribution in [0.2, 0.25) is 0 Å². The van der Waals surface area contributed by atoms with E-state index in [9.17, 15) is 4.79 Å². The number of benzene rings is 2. The normalized spacial score (nSPS) is 12.0. The van der Waals surface area contributed by atoms with Crippen molar-refractivity contribution in [3.8, 4) is 21.6 Å². The first-order valence-electron chi connectivity index (χ1n) is 9.00. The van der Waals surface area contributed by atoms with Crippen LogP contribution in [-0.2, 0) is 9.53 Å². The van der Waals surface area contributed by atoms with Gasteiger partial charge in [-0.15, -0.1) is 11.3 Å². The molecule has 3 rings (SSSR count). The van der Waals surface area contributed by atoms with E-state index in [1.807, 2.05) is 13.0 Å². The minimum Gasteiger partial charge on any atom is -0.466 e. The maximum atomic E-state index is 11.9. The SMILES string of the molecule is CCOC(=O)CC(C)c1cc(-c2ccc(C)cc2)c(-c2ccccc2)s1. The van der Waals surface area contributed by atoms with Gasteiger partial charge in [0.25, 0.3) is 0 Å². The van der Waals surface area contributed by atoms with Crippen LogP contribution >= 0.6 is 11.3 Å². The van der Waals surface area contributed by atoms with E-state index in [0.717, 1.165) is 0 Å². The molecule has 0 bridgehead atoms. The lowest BCUT2D eigenvalue weighted by atomic mass is 9.99. The van der Waals surface area contributed by atoms with Crippen molar-refractivity contribution in [2.45, 2.75) is 33.1 Å². The highest BCUT2D eigenvalue weighted by molar-refractivity contribution is 7.16. The second-order valence-corrected chi connectivity index (χ2v) is 7.62. The summed E-state index contributed by atoms with van der Waals surface area (Å²) in [6, 6.07) is 21.3. The van der Waals surface area contributed by atoms with E-state index in [2.05, 4.69) is 68.4 Å². The van der Waals surface area contributed by atoms with Crippen LogP contribution in [0.25, 0.3) is 21.6 Å². The van der Waals surface area contributed by atoms with Gasteiger partial charge in [0.2, 0.25) is 0 Å². The molecule has 1 aromatic heterocycles. The van der Waals surface area contributed by atoms with Gasteiger partial charge in [-0.25, -0.2) is 0 Å². The predicted molar refractivity (Wildman–Crippen MR) is 110 cm³/mol. The number of hydrogen-bond acceptors (Lipinski definition) is 3. The standard InChI is InChI=1S/C23H24O2S/c1-4-25-22(24)14-17(3)21-15-20(18-12-10-16(2)11-13-18)23(26-21)19-8-6-5-7-9-19/h5-13,15,17H,4,14H2,1-3H3. The van der Waals surface area contributed by atoms with E-state index < -0.39 is 0 Å². The van der Waals surface area contributed by atoms with Crippen LogP contribution in [0.3, 0.4) is 0 Å². The number of ether oxygens (including phenoxy) is 1. The van der Waals surface area contributed by atoms with Gasteiger partial charge in [-0.05, 0) is 31.0 Å². The molecule has 0 spiro atoms. The summed E-state index contributed by atoms with van der Waals surface area (Å²) in [6.45, 7) is 6.47. The Morgan fingerprint density at radius 1 is 1.04 bits per heavy atom. The summed E-state index contributed by atoms with van der Waals surface area (Å²) < 4.78 is 5.12. The van der Waals surface area contributed by atoms with Crippen LogP contribution in [0.4, 0.5) is 0 Å². The molecule has 0 amide bonds. The smallest absolute Gasteiger partial charge is 0.306 e. The van der Waals surface area contributed by atoms with E-state index >= 15 is 0 Å². The Bertz CT molecular complexity index is 863. The third kappa shape index (κ3) is 4.23. The van der Waals surface area contributed by atoms with Crippen molar-refractivity contribution in [1.29, 1.82) is 0 Å². The lowest BCUT2D eigenvalue weighted by Gasteiger charge is -2.08. The zero-order chi connectivity index (χ0) is 18.5. The summed E-state index contributed by atoms with van der Waals surface area (Å²) in [5.74, 6) is 0.00672. The quantitative estimate of drug-likeness (QED) is 0.470. The molecular weight excluding hydrogens is 340 g/mol. The molecule has 1 unspecified atom stereocenters. The van der Waals surface area contributed by atoms with Gasteiger partial charge in [0.05, 0.1) is 13.0 Å². The number of esters is 1. The van der Waals surface area contributed by atoms with Crippen LogP contribution in [0.15, 0.2) is 60.7 Å². The lowest BCUT2D eigenvalue weighted by Crippen LogP contribution is -2.07. The first kappa shape index (κ1) is 18.4.